The van der Waals surface area contributed by atoms with Gasteiger partial charge in [0, 0.05) is 81.8 Å². The van der Waals surface area contributed by atoms with Crippen LogP contribution in [0.4, 0.5) is 11.9 Å². The highest BCUT2D eigenvalue weighted by atomic mass is 16.6. The molecule has 51 heteroatoms. The van der Waals surface area contributed by atoms with Gasteiger partial charge in [-0.2, -0.15) is 10.2 Å². The number of aryl methyl sites for hydroxylation is 4. The van der Waals surface area contributed by atoms with Gasteiger partial charge >= 0.3 is 11.9 Å². The van der Waals surface area contributed by atoms with Crippen LogP contribution in [-0.4, -0.2) is 354 Å². The van der Waals surface area contributed by atoms with Gasteiger partial charge in [-0.1, -0.05) is 12.2 Å². The molecule has 750 valence electrons. The van der Waals surface area contributed by atoms with E-state index in [4.69, 9.17) is 83.1 Å². The van der Waals surface area contributed by atoms with Crippen LogP contribution in [0, 0.1) is 13.8 Å². The van der Waals surface area contributed by atoms with Crippen LogP contribution >= 0.6 is 0 Å². The molecule has 14 amide bonds. The number of carbonyl (C=O) groups is 16. The summed E-state index contributed by atoms with van der Waals surface area (Å²) in [5, 5.41) is 42.3. The SMILES string of the molecule is CCn1nc(C)cc1C(=O)Nc1nc2cc(C(N)=O)cc(OC)c2n1C/C=C/Cn1c(NC(=O)c2cc(C)nn2CC)nc2cc(C(N)=O)cc(OCCCOC(=O)[C@H](C)NC(=O)CCOCCOCCNC(=O)CC[C@H](NC(=O)CN3C(=O)C=CC3=O)C(=O)NCC(=O)NCC(=O)NCC(=O)NCC(=O)NCCOCCOCCOCCOCCOCCOCCOCCOCCC(=O)O)c21. The number of nitrogens with zero attached hydrogens (tertiary/aromatic N) is 9. The van der Waals surface area contributed by atoms with E-state index >= 15 is 0 Å². The monoisotopic (exact) mass is 1930 g/mol. The number of esters is 1. The molecule has 0 saturated heterocycles. The molecule has 0 spiro atoms. The number of carbonyl (C=O) groups excluding carboxylic acids is 15. The summed E-state index contributed by atoms with van der Waals surface area (Å²) >= 11 is 0. The molecule has 1 aliphatic heterocycles. The lowest BCUT2D eigenvalue weighted by Gasteiger charge is -2.20. The molecule has 2 aromatic carbocycles. The Morgan fingerprint density at radius 3 is 1.28 bits per heavy atom. The molecule has 51 nitrogen and oxygen atoms in total. The highest BCUT2D eigenvalue weighted by molar-refractivity contribution is 6.14. The Balaban J connectivity index is 0.746. The number of aromatic nitrogens is 8. The van der Waals surface area contributed by atoms with Crippen molar-refractivity contribution in [2.75, 3.05) is 209 Å². The summed E-state index contributed by atoms with van der Waals surface area (Å²) in [5.74, 6) is -11.4. The van der Waals surface area contributed by atoms with E-state index in [1.807, 2.05) is 13.8 Å². The molecule has 0 aliphatic carbocycles. The van der Waals surface area contributed by atoms with Gasteiger partial charge in [-0.15, -0.1) is 0 Å². The van der Waals surface area contributed by atoms with Crippen LogP contribution in [0.3, 0.4) is 0 Å². The van der Waals surface area contributed by atoms with Gasteiger partial charge < -0.3 is 130 Å². The van der Waals surface area contributed by atoms with Crippen LogP contribution in [0.15, 0.2) is 60.7 Å². The molecular weight excluding hydrogens is 1810 g/mol. The van der Waals surface area contributed by atoms with Crippen molar-refractivity contribution >= 4 is 129 Å². The van der Waals surface area contributed by atoms with Crippen LogP contribution < -0.4 is 74.1 Å². The third-order valence-corrected chi connectivity index (χ3v) is 19.3. The molecule has 0 radical (unpaired) electrons. The number of rotatable bonds is 71. The van der Waals surface area contributed by atoms with Gasteiger partial charge in [0.1, 0.15) is 52.5 Å². The van der Waals surface area contributed by atoms with E-state index in [1.165, 1.54) is 43.0 Å². The predicted octanol–water partition coefficient (Wildman–Crippen LogP) is -2.86. The van der Waals surface area contributed by atoms with Gasteiger partial charge in [0.15, 0.2) is 0 Å². The molecule has 5 heterocycles. The second-order valence-corrected chi connectivity index (χ2v) is 29.7. The first-order valence-electron chi connectivity index (χ1n) is 44.1. The Labute approximate surface area is 786 Å². The summed E-state index contributed by atoms with van der Waals surface area (Å²) in [7, 11) is 1.41. The molecule has 0 bridgehead atoms. The number of methoxy groups -OCH3 is 1. The maximum Gasteiger partial charge on any atom is 0.328 e. The summed E-state index contributed by atoms with van der Waals surface area (Å²) in [5.41, 5.74) is 14.6. The second-order valence-electron chi connectivity index (χ2n) is 29.7. The molecule has 137 heavy (non-hydrogen) atoms. The number of carboxylic acid groups (broad SMARTS) is 1. The molecule has 0 saturated carbocycles. The number of ether oxygens (including phenoxy) is 13. The normalized spacial score (nSPS) is 12.2. The topological polar surface area (TPSA) is 660 Å². The summed E-state index contributed by atoms with van der Waals surface area (Å²) < 4.78 is 78.0. The molecule has 1 aliphatic rings. The number of fused-ring (bicyclic) bond motifs is 2. The highest BCUT2D eigenvalue weighted by Crippen LogP contribution is 2.34. The number of anilines is 2. The van der Waals surface area contributed by atoms with Crippen molar-refractivity contribution in [3.63, 3.8) is 0 Å². The lowest BCUT2D eigenvalue weighted by molar-refractivity contribution is -0.147. The number of nitrogens with two attached hydrogens (primary N) is 2. The van der Waals surface area contributed by atoms with Crippen molar-refractivity contribution in [2.24, 2.45) is 11.5 Å². The number of imidazole rings is 2. The third kappa shape index (κ3) is 39.6. The molecule has 2 atom stereocenters. The fourth-order valence-electron chi connectivity index (χ4n) is 12.6. The van der Waals surface area contributed by atoms with Crippen LogP contribution in [0.2, 0.25) is 0 Å². The lowest BCUT2D eigenvalue weighted by Crippen LogP contribution is -2.52. The fourth-order valence-corrected chi connectivity index (χ4v) is 12.6. The first kappa shape index (κ1) is 110. The average Bonchev–Trinajstić information content (AvgIpc) is 1.62. The van der Waals surface area contributed by atoms with Gasteiger partial charge in [-0.25, -0.2) is 14.8 Å². The number of hydrogen-bond acceptors (Lipinski definition) is 33. The van der Waals surface area contributed by atoms with E-state index in [2.05, 4.69) is 68.3 Å². The van der Waals surface area contributed by atoms with Crippen LogP contribution in [0.5, 0.6) is 11.5 Å². The minimum absolute atomic E-state index is 0.00288. The zero-order chi connectivity index (χ0) is 99.4. The van der Waals surface area contributed by atoms with Gasteiger partial charge in [0.05, 0.1) is 207 Å². The van der Waals surface area contributed by atoms with Crippen molar-refractivity contribution in [1.82, 2.24) is 86.1 Å². The third-order valence-electron chi connectivity index (χ3n) is 19.3. The number of amides is 14. The molecule has 15 N–H and O–H groups in total. The van der Waals surface area contributed by atoms with Crippen molar-refractivity contribution in [1.29, 1.82) is 0 Å². The summed E-state index contributed by atoms with van der Waals surface area (Å²) in [6.07, 6.45) is 4.60. The van der Waals surface area contributed by atoms with Crippen molar-refractivity contribution in [2.45, 2.75) is 105 Å². The number of primary amides is 2. The largest absolute Gasteiger partial charge is 0.494 e. The smallest absolute Gasteiger partial charge is 0.328 e. The Kier molecular flexibility index (Phi) is 48.7. The highest BCUT2D eigenvalue weighted by Gasteiger charge is 2.31. The van der Waals surface area contributed by atoms with Gasteiger partial charge in [0.25, 0.3) is 23.6 Å². The Morgan fingerprint density at radius 1 is 0.453 bits per heavy atom. The van der Waals surface area contributed by atoms with E-state index in [1.54, 1.807) is 51.9 Å². The Morgan fingerprint density at radius 2 is 0.854 bits per heavy atom. The fraction of sp³-hybridized carbons (Fsp3) is 0.535. The number of allylic oxidation sites excluding steroid dienone is 2. The zero-order valence-electron chi connectivity index (χ0n) is 77.3. The predicted molar refractivity (Wildman–Crippen MR) is 482 cm³/mol. The first-order chi connectivity index (χ1) is 66.0. The minimum Gasteiger partial charge on any atom is -0.494 e. The number of benzene rings is 2. The molecular formula is C86H121N21O30. The van der Waals surface area contributed by atoms with Crippen LogP contribution in [0.1, 0.15) is 106 Å². The van der Waals surface area contributed by atoms with Gasteiger partial charge in [0.2, 0.25) is 71.0 Å². The summed E-state index contributed by atoms with van der Waals surface area (Å²) in [4.78, 5) is 213. The molecule has 6 aromatic rings. The van der Waals surface area contributed by atoms with Crippen molar-refractivity contribution in [3.8, 4) is 11.5 Å². The van der Waals surface area contributed by atoms with E-state index < -0.39 is 139 Å². The van der Waals surface area contributed by atoms with Crippen LogP contribution in [0.25, 0.3) is 22.1 Å². The number of nitrogens with one attached hydrogen (secondary N) is 10. The average molecular weight is 1930 g/mol. The lowest BCUT2D eigenvalue weighted by atomic mass is 10.1. The second kappa shape index (κ2) is 60.5. The summed E-state index contributed by atoms with van der Waals surface area (Å²) in [6.45, 7) is 11.3. The van der Waals surface area contributed by atoms with Gasteiger partial charge in [-0.05, 0) is 77.4 Å². The number of hydrogen-bond donors (Lipinski definition) is 13. The maximum atomic E-state index is 14.1. The van der Waals surface area contributed by atoms with E-state index in [0.29, 0.717) is 120 Å². The minimum atomic E-state index is -1.48. The van der Waals surface area contributed by atoms with Gasteiger partial charge in [-0.3, -0.25) is 96.8 Å². The van der Waals surface area contributed by atoms with Crippen molar-refractivity contribution in [3.05, 3.63) is 94.6 Å². The number of carboxylic acids is 1. The number of imide groups is 1. The standard InChI is InChI=1S/C86H121N21O30/c1-7-106-63(44-55(3)101-106)82(122)99-85-97-61-46-58(79(87)119)48-65(125-6)77(61)103(85)20-9-10-21-104-78-62(98-86(104)100-83(123)64-45-56(4)102-107(64)8-2)47-59(80(88)120)49-66(78)136-22-11-23-137-84(124)57(5)95-68(109)16-24-126-28-30-128-26-18-89-67(108)13-12-60(96-73(114)54-105-74(115)14-15-75(105)116)81(121)94-53-72(113)93-52-71(112)92-51-70(111)91-50-69(110)90-19-27-129-31-33-131-35-37-133-39-41-135-43-42-134-40-38-132-36-34-130-32-29-127-25-17-76(117)118/h9-10,14-15,44-49,57,60H,7-8,11-13,16-43,50-54H2,1-6H3,(H2,87,119)(H2,88,120)(H,89,108)(H,90,110)(H,91,111)(H,92,112)(H,93,113)(H,94,121)(H,95,109)(H,96,114)(H,117,118)(H,97,99,122)(H,98,100,123)/b10-9+/t57-,60-/m0/s1. The maximum absolute atomic E-state index is 14.1. The quantitative estimate of drug-likeness (QED) is 0.00790. The number of aliphatic carboxylic acids is 1. The van der Waals surface area contributed by atoms with E-state index in [-0.39, 0.29) is 181 Å². The zero-order valence-corrected chi connectivity index (χ0v) is 77.3. The molecule has 4 aromatic heterocycles. The van der Waals surface area contributed by atoms with E-state index in [0.717, 1.165) is 12.2 Å². The Bertz CT molecular complexity index is 5120. The Hall–Kier alpha value is -13.8. The first-order valence-corrected chi connectivity index (χ1v) is 44.1. The van der Waals surface area contributed by atoms with E-state index in [9.17, 15) is 76.7 Å². The summed E-state index contributed by atoms with van der Waals surface area (Å²) in [6, 6.07) is 6.47. The van der Waals surface area contributed by atoms with Crippen molar-refractivity contribution < 1.29 is 143 Å². The molecule has 0 unspecified atom stereocenters. The van der Waals surface area contributed by atoms with Crippen LogP contribution in [-0.2, 0) is 136 Å². The molecule has 0 fully saturated rings. The molecule has 7 rings (SSSR count).